The molecule has 0 atom stereocenters. The quantitative estimate of drug-likeness (QED) is 0.593. The van der Waals surface area contributed by atoms with Crippen LogP contribution in [0.25, 0.3) is 20.8 Å². The first-order valence-corrected chi connectivity index (χ1v) is 6.84. The number of halogens is 1. The van der Waals surface area contributed by atoms with Crippen molar-refractivity contribution in [2.75, 3.05) is 0 Å². The highest BCUT2D eigenvalue weighted by atomic mass is 127. The van der Waals surface area contributed by atoms with Crippen molar-refractivity contribution in [3.8, 4) is 10.6 Å². The molecule has 3 aromatic rings. The van der Waals surface area contributed by atoms with Crippen molar-refractivity contribution in [3.63, 3.8) is 0 Å². The van der Waals surface area contributed by atoms with E-state index in [9.17, 15) is 0 Å². The number of fused-ring (bicyclic) bond motifs is 1. The van der Waals surface area contributed by atoms with Crippen molar-refractivity contribution >= 4 is 44.1 Å². The molecule has 0 amide bonds. The molecule has 1 aromatic heterocycles. The first-order chi connectivity index (χ1) is 7.83. The molecule has 1 nitrogen and oxygen atoms in total. The molecule has 1 heterocycles. The van der Waals surface area contributed by atoms with Crippen LogP contribution in [-0.2, 0) is 0 Å². The second-order valence-electron chi connectivity index (χ2n) is 3.50. The lowest BCUT2D eigenvalue weighted by atomic mass is 10.2. The van der Waals surface area contributed by atoms with Crippen LogP contribution in [-0.4, -0.2) is 4.98 Å². The molecule has 16 heavy (non-hydrogen) atoms. The van der Waals surface area contributed by atoms with E-state index in [2.05, 4.69) is 57.9 Å². The van der Waals surface area contributed by atoms with Gasteiger partial charge in [-0.15, -0.1) is 11.3 Å². The normalized spacial score (nSPS) is 10.8. The second kappa shape index (κ2) is 4.14. The largest absolute Gasteiger partial charge is 0.236 e. The van der Waals surface area contributed by atoms with Gasteiger partial charge in [-0.25, -0.2) is 4.98 Å². The van der Waals surface area contributed by atoms with Crippen LogP contribution >= 0.6 is 33.9 Å². The SMILES string of the molecule is Ic1ccc2sc(-c3ccccc3)nc2c1. The van der Waals surface area contributed by atoms with Gasteiger partial charge < -0.3 is 0 Å². The zero-order valence-electron chi connectivity index (χ0n) is 8.35. The van der Waals surface area contributed by atoms with E-state index in [1.165, 1.54) is 13.8 Å². The van der Waals surface area contributed by atoms with Gasteiger partial charge in [0.1, 0.15) is 5.01 Å². The number of aromatic nitrogens is 1. The van der Waals surface area contributed by atoms with Crippen LogP contribution in [0.3, 0.4) is 0 Å². The predicted octanol–water partition coefficient (Wildman–Crippen LogP) is 4.57. The van der Waals surface area contributed by atoms with Crippen LogP contribution in [0.4, 0.5) is 0 Å². The Labute approximate surface area is 111 Å². The Morgan fingerprint density at radius 1 is 1.00 bits per heavy atom. The Bertz CT molecular complexity index is 631. The molecule has 0 aliphatic rings. The molecule has 0 saturated carbocycles. The summed E-state index contributed by atoms with van der Waals surface area (Å²) in [5, 5.41) is 1.10. The predicted molar refractivity (Wildman–Crippen MR) is 77.8 cm³/mol. The minimum atomic E-state index is 1.09. The zero-order valence-corrected chi connectivity index (χ0v) is 11.3. The molecule has 0 saturated heterocycles. The summed E-state index contributed by atoms with van der Waals surface area (Å²) in [6.45, 7) is 0. The third kappa shape index (κ3) is 1.85. The highest BCUT2D eigenvalue weighted by Gasteiger charge is 2.05. The molecule has 0 unspecified atom stereocenters. The molecule has 0 radical (unpaired) electrons. The second-order valence-corrected chi connectivity index (χ2v) is 5.77. The maximum Gasteiger partial charge on any atom is 0.124 e. The van der Waals surface area contributed by atoms with Gasteiger partial charge in [-0.2, -0.15) is 0 Å². The summed E-state index contributed by atoms with van der Waals surface area (Å²) >= 11 is 4.06. The lowest BCUT2D eigenvalue weighted by molar-refractivity contribution is 1.47. The molecule has 0 bridgehead atoms. The number of hydrogen-bond acceptors (Lipinski definition) is 2. The third-order valence-corrected chi connectivity index (χ3v) is 4.13. The Morgan fingerprint density at radius 3 is 2.62 bits per heavy atom. The molecule has 78 valence electrons. The van der Waals surface area contributed by atoms with Crippen LogP contribution in [0.2, 0.25) is 0 Å². The maximum atomic E-state index is 4.66. The fraction of sp³-hybridized carbons (Fsp3) is 0. The molecule has 3 rings (SSSR count). The van der Waals surface area contributed by atoms with Gasteiger partial charge >= 0.3 is 0 Å². The number of hydrogen-bond donors (Lipinski definition) is 0. The molecule has 3 heteroatoms. The molecule has 0 N–H and O–H groups in total. The van der Waals surface area contributed by atoms with Crippen LogP contribution in [0.1, 0.15) is 0 Å². The van der Waals surface area contributed by atoms with Gasteiger partial charge in [0.25, 0.3) is 0 Å². The summed E-state index contributed by atoms with van der Waals surface area (Å²) in [5.74, 6) is 0. The van der Waals surface area contributed by atoms with Crippen LogP contribution < -0.4 is 0 Å². The van der Waals surface area contributed by atoms with E-state index in [1.807, 2.05) is 18.2 Å². The van der Waals surface area contributed by atoms with Gasteiger partial charge in [-0.1, -0.05) is 30.3 Å². The van der Waals surface area contributed by atoms with Crippen molar-refractivity contribution in [3.05, 3.63) is 52.1 Å². The van der Waals surface area contributed by atoms with Crippen molar-refractivity contribution in [2.24, 2.45) is 0 Å². The molecular formula is C13H8INS. The first-order valence-electron chi connectivity index (χ1n) is 4.94. The van der Waals surface area contributed by atoms with Crippen molar-refractivity contribution in [1.82, 2.24) is 4.98 Å². The summed E-state index contributed by atoms with van der Waals surface area (Å²) < 4.78 is 2.48. The lowest BCUT2D eigenvalue weighted by Gasteiger charge is -1.92. The smallest absolute Gasteiger partial charge is 0.124 e. The molecule has 0 fully saturated rings. The van der Waals surface area contributed by atoms with Crippen molar-refractivity contribution < 1.29 is 0 Å². The molecule has 0 spiro atoms. The van der Waals surface area contributed by atoms with Crippen LogP contribution in [0.5, 0.6) is 0 Å². The van der Waals surface area contributed by atoms with E-state index < -0.39 is 0 Å². The topological polar surface area (TPSA) is 12.9 Å². The molecular weight excluding hydrogens is 329 g/mol. The highest BCUT2D eigenvalue weighted by Crippen LogP contribution is 2.30. The summed E-state index contributed by atoms with van der Waals surface area (Å²) in [4.78, 5) is 4.66. The van der Waals surface area contributed by atoms with Crippen molar-refractivity contribution in [2.45, 2.75) is 0 Å². The summed E-state index contributed by atoms with van der Waals surface area (Å²) in [6.07, 6.45) is 0. The average Bonchev–Trinajstić information content (AvgIpc) is 2.73. The van der Waals surface area contributed by atoms with Crippen LogP contribution in [0, 0.1) is 3.57 Å². The number of benzene rings is 2. The van der Waals surface area contributed by atoms with Gasteiger partial charge in [-0.3, -0.25) is 0 Å². The highest BCUT2D eigenvalue weighted by molar-refractivity contribution is 14.1. The summed E-state index contributed by atoms with van der Waals surface area (Å²) in [6, 6.07) is 16.7. The van der Waals surface area contributed by atoms with E-state index >= 15 is 0 Å². The number of nitrogens with zero attached hydrogens (tertiary/aromatic N) is 1. The first kappa shape index (κ1) is 10.2. The van der Waals surface area contributed by atoms with E-state index in [1.54, 1.807) is 11.3 Å². The van der Waals surface area contributed by atoms with Gasteiger partial charge in [0.15, 0.2) is 0 Å². The Morgan fingerprint density at radius 2 is 1.81 bits per heavy atom. The zero-order chi connectivity index (χ0) is 11.0. The van der Waals surface area contributed by atoms with E-state index in [0.717, 1.165) is 10.5 Å². The minimum Gasteiger partial charge on any atom is -0.236 e. The molecule has 0 aliphatic heterocycles. The third-order valence-electron chi connectivity index (χ3n) is 2.37. The van der Waals surface area contributed by atoms with E-state index in [-0.39, 0.29) is 0 Å². The van der Waals surface area contributed by atoms with Gasteiger partial charge in [-0.05, 0) is 40.8 Å². The van der Waals surface area contributed by atoms with Gasteiger partial charge in [0.05, 0.1) is 10.2 Å². The average molecular weight is 337 g/mol. The lowest BCUT2D eigenvalue weighted by Crippen LogP contribution is -1.74. The molecule has 2 aromatic carbocycles. The van der Waals surface area contributed by atoms with Crippen LogP contribution in [0.15, 0.2) is 48.5 Å². The van der Waals surface area contributed by atoms with Crippen molar-refractivity contribution in [1.29, 1.82) is 0 Å². The minimum absolute atomic E-state index is 1.09. The van der Waals surface area contributed by atoms with Gasteiger partial charge in [0, 0.05) is 9.13 Å². The Kier molecular flexibility index (Phi) is 2.65. The molecule has 0 aliphatic carbocycles. The number of rotatable bonds is 1. The van der Waals surface area contributed by atoms with Gasteiger partial charge in [0.2, 0.25) is 0 Å². The maximum absolute atomic E-state index is 4.66. The Hall–Kier alpha value is -0.940. The summed E-state index contributed by atoms with van der Waals surface area (Å²) in [5.41, 5.74) is 2.29. The van der Waals surface area contributed by atoms with E-state index in [0.29, 0.717) is 0 Å². The Balaban J connectivity index is 2.19. The summed E-state index contributed by atoms with van der Waals surface area (Å²) in [7, 11) is 0. The fourth-order valence-electron chi connectivity index (χ4n) is 1.60. The monoisotopic (exact) mass is 337 g/mol. The standard InChI is InChI=1S/C13H8INS/c14-10-6-7-12-11(8-10)15-13(16-12)9-4-2-1-3-5-9/h1-8H. The number of thiazole rings is 1. The van der Waals surface area contributed by atoms with E-state index in [4.69, 9.17) is 0 Å². The fourth-order valence-corrected chi connectivity index (χ4v) is 3.03.